The molecule has 132 valence electrons. The molecule has 1 aliphatic rings. The van der Waals surface area contributed by atoms with Crippen LogP contribution in [0.4, 0.5) is 13.6 Å². The van der Waals surface area contributed by atoms with Crippen molar-refractivity contribution in [1.82, 2.24) is 10.2 Å². The molecule has 2 rings (SSSR count). The van der Waals surface area contributed by atoms with Crippen molar-refractivity contribution in [2.75, 3.05) is 13.1 Å². The molecule has 1 aromatic rings. The Morgan fingerprint density at radius 3 is 2.67 bits per heavy atom. The Morgan fingerprint density at radius 1 is 1.33 bits per heavy atom. The number of carbonyl (C=O) groups is 2. The molecular formula is C17H22F2N2O3. The third-order valence-electron chi connectivity index (χ3n) is 3.68. The van der Waals surface area contributed by atoms with E-state index in [1.807, 2.05) is 0 Å². The highest BCUT2D eigenvalue weighted by Crippen LogP contribution is 2.20. The van der Waals surface area contributed by atoms with Crippen LogP contribution >= 0.6 is 0 Å². The van der Waals surface area contributed by atoms with Crippen LogP contribution in [0.15, 0.2) is 18.2 Å². The van der Waals surface area contributed by atoms with Crippen molar-refractivity contribution in [2.24, 2.45) is 0 Å². The van der Waals surface area contributed by atoms with Gasteiger partial charge in [0.15, 0.2) is 0 Å². The number of hydrogen-bond donors (Lipinski definition) is 1. The number of nitrogens with one attached hydrogen (secondary N) is 1. The van der Waals surface area contributed by atoms with E-state index < -0.39 is 29.2 Å². The molecule has 1 aliphatic heterocycles. The van der Waals surface area contributed by atoms with Gasteiger partial charge in [-0.15, -0.1) is 0 Å². The summed E-state index contributed by atoms with van der Waals surface area (Å²) in [6, 6.07) is 2.59. The van der Waals surface area contributed by atoms with Crippen molar-refractivity contribution in [3.05, 3.63) is 35.4 Å². The highest BCUT2D eigenvalue weighted by molar-refractivity contribution is 5.94. The average Bonchev–Trinajstić information content (AvgIpc) is 2.91. The predicted octanol–water partition coefficient (Wildman–Crippen LogP) is 3.09. The molecule has 1 unspecified atom stereocenters. The second-order valence-corrected chi connectivity index (χ2v) is 6.80. The first-order valence-electron chi connectivity index (χ1n) is 7.90. The second kappa shape index (κ2) is 7.15. The first-order chi connectivity index (χ1) is 11.2. The number of nitrogens with zero attached hydrogens (tertiary/aromatic N) is 1. The third kappa shape index (κ3) is 4.66. The van der Waals surface area contributed by atoms with Crippen molar-refractivity contribution in [3.8, 4) is 0 Å². The molecule has 0 aromatic heterocycles. The molecule has 5 nitrogen and oxygen atoms in total. The Morgan fingerprint density at radius 2 is 2.04 bits per heavy atom. The van der Waals surface area contributed by atoms with Gasteiger partial charge in [0.25, 0.3) is 5.91 Å². The van der Waals surface area contributed by atoms with Crippen molar-refractivity contribution >= 4 is 12.0 Å². The lowest BCUT2D eigenvalue weighted by Crippen LogP contribution is -2.45. The van der Waals surface area contributed by atoms with E-state index in [9.17, 15) is 18.4 Å². The first kappa shape index (κ1) is 18.2. The van der Waals surface area contributed by atoms with Crippen LogP contribution in [0.5, 0.6) is 0 Å². The van der Waals surface area contributed by atoms with Gasteiger partial charge >= 0.3 is 6.09 Å². The minimum absolute atomic E-state index is 0.189. The minimum Gasteiger partial charge on any atom is -0.444 e. The Hall–Kier alpha value is -2.18. The van der Waals surface area contributed by atoms with E-state index in [1.165, 1.54) is 0 Å². The standard InChI is InChI=1S/C17H22F2N2O3/c1-17(2,3)24-16(23)21-8-4-5-12(21)10-20-15(22)13-7-6-11(18)9-14(13)19/h6-7,9,12H,4-5,8,10H2,1-3H3,(H,20,22). The fourth-order valence-corrected chi connectivity index (χ4v) is 2.59. The molecule has 7 heteroatoms. The van der Waals surface area contributed by atoms with Gasteiger partial charge in [-0.05, 0) is 45.7 Å². The van der Waals surface area contributed by atoms with E-state index in [0.717, 1.165) is 25.0 Å². The molecule has 1 N–H and O–H groups in total. The highest BCUT2D eigenvalue weighted by atomic mass is 19.1. The molecule has 1 fully saturated rings. The maximum atomic E-state index is 13.6. The minimum atomic E-state index is -0.914. The molecule has 0 saturated carbocycles. The summed E-state index contributed by atoms with van der Waals surface area (Å²) in [4.78, 5) is 25.8. The van der Waals surface area contributed by atoms with E-state index in [2.05, 4.69) is 5.32 Å². The summed E-state index contributed by atoms with van der Waals surface area (Å²) in [6.07, 6.45) is 1.11. The van der Waals surface area contributed by atoms with Gasteiger partial charge in [-0.3, -0.25) is 4.79 Å². The largest absolute Gasteiger partial charge is 0.444 e. The Labute approximate surface area is 140 Å². The molecule has 1 atom stereocenters. The van der Waals surface area contributed by atoms with Crippen LogP contribution in [0.1, 0.15) is 44.0 Å². The molecule has 2 amide bonds. The Balaban J connectivity index is 1.95. The number of benzene rings is 1. The number of carbonyl (C=O) groups excluding carboxylic acids is 2. The van der Waals surface area contributed by atoms with Crippen molar-refractivity contribution in [3.63, 3.8) is 0 Å². The van der Waals surface area contributed by atoms with Crippen molar-refractivity contribution in [2.45, 2.75) is 45.3 Å². The zero-order valence-corrected chi connectivity index (χ0v) is 14.1. The summed E-state index contributed by atoms with van der Waals surface area (Å²) < 4.78 is 31.8. The number of ether oxygens (including phenoxy) is 1. The molecule has 1 aromatic carbocycles. The summed E-state index contributed by atoms with van der Waals surface area (Å²) in [6.45, 7) is 6.11. The van der Waals surface area contributed by atoms with Crippen LogP contribution in [0, 0.1) is 11.6 Å². The molecule has 1 heterocycles. The smallest absolute Gasteiger partial charge is 0.410 e. The molecule has 1 saturated heterocycles. The maximum Gasteiger partial charge on any atom is 0.410 e. The number of hydrogen-bond acceptors (Lipinski definition) is 3. The van der Waals surface area contributed by atoms with Crippen molar-refractivity contribution in [1.29, 1.82) is 0 Å². The Kier molecular flexibility index (Phi) is 5.41. The van der Waals surface area contributed by atoms with Crippen LogP contribution in [0.3, 0.4) is 0 Å². The molecule has 0 spiro atoms. The van der Waals surface area contributed by atoms with Gasteiger partial charge in [-0.1, -0.05) is 0 Å². The van der Waals surface area contributed by atoms with Crippen LogP contribution in [-0.4, -0.2) is 41.6 Å². The summed E-state index contributed by atoms with van der Waals surface area (Å²) in [5.41, 5.74) is -0.816. The van der Waals surface area contributed by atoms with Crippen LogP contribution in [0.25, 0.3) is 0 Å². The molecular weight excluding hydrogens is 318 g/mol. The van der Waals surface area contributed by atoms with E-state index in [-0.39, 0.29) is 18.2 Å². The normalized spacial score (nSPS) is 17.7. The SMILES string of the molecule is CC(C)(C)OC(=O)N1CCCC1CNC(=O)c1ccc(F)cc1F. The fourth-order valence-electron chi connectivity index (χ4n) is 2.59. The summed E-state index contributed by atoms with van der Waals surface area (Å²) in [5, 5.41) is 2.60. The van der Waals surface area contributed by atoms with Gasteiger partial charge < -0.3 is 15.0 Å². The van der Waals surface area contributed by atoms with E-state index in [1.54, 1.807) is 25.7 Å². The predicted molar refractivity (Wildman–Crippen MR) is 84.7 cm³/mol. The monoisotopic (exact) mass is 340 g/mol. The zero-order chi connectivity index (χ0) is 17.9. The summed E-state index contributed by atoms with van der Waals surface area (Å²) in [7, 11) is 0. The number of likely N-dealkylation sites (tertiary alicyclic amines) is 1. The van der Waals surface area contributed by atoms with E-state index in [4.69, 9.17) is 4.74 Å². The summed E-state index contributed by atoms with van der Waals surface area (Å²) in [5.74, 6) is -2.29. The van der Waals surface area contributed by atoms with Crippen LogP contribution < -0.4 is 5.32 Å². The average molecular weight is 340 g/mol. The lowest BCUT2D eigenvalue weighted by atomic mass is 10.1. The van der Waals surface area contributed by atoms with Gasteiger partial charge in [0.2, 0.25) is 0 Å². The fraction of sp³-hybridized carbons (Fsp3) is 0.529. The molecule has 24 heavy (non-hydrogen) atoms. The molecule has 0 radical (unpaired) electrons. The van der Waals surface area contributed by atoms with Crippen LogP contribution in [0.2, 0.25) is 0 Å². The van der Waals surface area contributed by atoms with Gasteiger partial charge in [0, 0.05) is 19.2 Å². The number of amides is 2. The number of halogens is 2. The van der Waals surface area contributed by atoms with E-state index in [0.29, 0.717) is 12.6 Å². The highest BCUT2D eigenvalue weighted by Gasteiger charge is 2.32. The number of rotatable bonds is 3. The lowest BCUT2D eigenvalue weighted by Gasteiger charge is -2.28. The van der Waals surface area contributed by atoms with Gasteiger partial charge in [-0.25, -0.2) is 13.6 Å². The topological polar surface area (TPSA) is 58.6 Å². The molecule has 0 bridgehead atoms. The van der Waals surface area contributed by atoms with Crippen molar-refractivity contribution < 1.29 is 23.1 Å². The van der Waals surface area contributed by atoms with Gasteiger partial charge in [0.05, 0.1) is 11.6 Å². The molecule has 0 aliphatic carbocycles. The maximum absolute atomic E-state index is 13.6. The Bertz CT molecular complexity index is 629. The first-order valence-corrected chi connectivity index (χ1v) is 7.90. The lowest BCUT2D eigenvalue weighted by molar-refractivity contribution is 0.0225. The quantitative estimate of drug-likeness (QED) is 0.920. The van der Waals surface area contributed by atoms with Crippen LogP contribution in [-0.2, 0) is 4.74 Å². The third-order valence-corrected chi connectivity index (χ3v) is 3.68. The zero-order valence-electron chi connectivity index (χ0n) is 14.1. The summed E-state index contributed by atoms with van der Waals surface area (Å²) >= 11 is 0. The second-order valence-electron chi connectivity index (χ2n) is 6.80. The van der Waals surface area contributed by atoms with E-state index >= 15 is 0 Å². The van der Waals surface area contributed by atoms with Gasteiger partial charge in [-0.2, -0.15) is 0 Å². The van der Waals surface area contributed by atoms with Gasteiger partial charge in [0.1, 0.15) is 17.2 Å².